The van der Waals surface area contributed by atoms with Crippen LogP contribution in [0, 0.1) is 0 Å². The number of fused-ring (bicyclic) bond motifs is 1. The molecule has 1 aromatic rings. The highest BCUT2D eigenvalue weighted by molar-refractivity contribution is 5.46. The Morgan fingerprint density at radius 1 is 1.42 bits per heavy atom. The Labute approximate surface area is 70.2 Å². The molecule has 2 heterocycles. The molecule has 0 saturated carbocycles. The Morgan fingerprint density at radius 2 is 2.17 bits per heavy atom. The molecule has 0 saturated heterocycles. The molecule has 1 atom stereocenters. The van der Waals surface area contributed by atoms with E-state index in [2.05, 4.69) is 22.2 Å². The van der Waals surface area contributed by atoms with E-state index in [1.165, 1.54) is 0 Å². The molecule has 0 aromatic carbocycles. The summed E-state index contributed by atoms with van der Waals surface area (Å²) in [5.41, 5.74) is 13.2. The van der Waals surface area contributed by atoms with Crippen LogP contribution < -0.4 is 16.8 Å². The number of nitrogens with two attached hydrogens (primary N) is 3. The van der Waals surface area contributed by atoms with Gasteiger partial charge in [0, 0.05) is 0 Å². The molecule has 1 aliphatic heterocycles. The summed E-state index contributed by atoms with van der Waals surface area (Å²) in [4.78, 5) is 8.06. The van der Waals surface area contributed by atoms with Crippen LogP contribution in [0.1, 0.15) is 24.2 Å². The molecule has 0 unspecified atom stereocenters. The highest BCUT2D eigenvalue weighted by atomic mass is 15.1. The molecule has 0 bridgehead atoms. The third-order valence-electron chi connectivity index (χ3n) is 2.20. The zero-order valence-corrected chi connectivity index (χ0v) is 6.91. The van der Waals surface area contributed by atoms with Gasteiger partial charge in [-0.05, 0) is 6.92 Å². The number of quaternary nitrogens is 1. The average Bonchev–Trinajstić information content (AvgIpc) is 2.33. The first-order valence-corrected chi connectivity index (χ1v) is 3.93. The lowest BCUT2D eigenvalue weighted by molar-refractivity contribution is -0.698. The Hall–Kier alpha value is -1.36. The van der Waals surface area contributed by atoms with Gasteiger partial charge in [-0.15, -0.1) is 0 Å². The van der Waals surface area contributed by atoms with E-state index in [-0.39, 0.29) is 5.95 Å². The standard InChI is InChI=1S/C7H11N5/c1-3-5-4(2-10-3)6(8)12-7(9)11-5/h3,10H,2H2,1H3,(H4,8,9,11,12)/p+1/t3-/m0/s1. The van der Waals surface area contributed by atoms with Crippen LogP contribution in [0.5, 0.6) is 0 Å². The van der Waals surface area contributed by atoms with Gasteiger partial charge < -0.3 is 16.8 Å². The normalized spacial score (nSPS) is 20.9. The molecular formula is C7H12N5+. The molecular weight excluding hydrogens is 154 g/mol. The summed E-state index contributed by atoms with van der Waals surface area (Å²) in [6.45, 7) is 2.94. The van der Waals surface area contributed by atoms with Crippen molar-refractivity contribution in [2.75, 3.05) is 11.5 Å². The summed E-state index contributed by atoms with van der Waals surface area (Å²) in [6, 6.07) is 0.354. The Kier molecular flexibility index (Phi) is 1.41. The molecule has 0 aliphatic carbocycles. The summed E-state index contributed by atoms with van der Waals surface area (Å²) in [5.74, 6) is 0.798. The van der Waals surface area contributed by atoms with E-state index in [0.29, 0.717) is 11.9 Å². The lowest BCUT2D eigenvalue weighted by Crippen LogP contribution is -2.79. The van der Waals surface area contributed by atoms with E-state index in [9.17, 15) is 0 Å². The second kappa shape index (κ2) is 2.31. The topological polar surface area (TPSA) is 94.4 Å². The van der Waals surface area contributed by atoms with Crippen molar-refractivity contribution in [3.8, 4) is 0 Å². The molecule has 0 spiro atoms. The van der Waals surface area contributed by atoms with E-state index in [1.54, 1.807) is 0 Å². The van der Waals surface area contributed by atoms with Crippen LogP contribution in [0.15, 0.2) is 0 Å². The van der Waals surface area contributed by atoms with Gasteiger partial charge in [0.15, 0.2) is 0 Å². The molecule has 0 amide bonds. The van der Waals surface area contributed by atoms with Crippen molar-refractivity contribution in [1.82, 2.24) is 9.97 Å². The Morgan fingerprint density at radius 3 is 2.92 bits per heavy atom. The van der Waals surface area contributed by atoms with Crippen LogP contribution in [0.2, 0.25) is 0 Å². The van der Waals surface area contributed by atoms with Gasteiger partial charge in [0.25, 0.3) is 0 Å². The van der Waals surface area contributed by atoms with Crippen LogP contribution in [-0.2, 0) is 6.54 Å². The first kappa shape index (κ1) is 7.30. The quantitative estimate of drug-likeness (QED) is 0.450. The molecule has 2 rings (SSSR count). The van der Waals surface area contributed by atoms with Gasteiger partial charge in [0.2, 0.25) is 5.95 Å². The van der Waals surface area contributed by atoms with Crippen molar-refractivity contribution in [2.45, 2.75) is 19.5 Å². The van der Waals surface area contributed by atoms with Crippen LogP contribution >= 0.6 is 0 Å². The first-order valence-electron chi connectivity index (χ1n) is 3.93. The number of anilines is 2. The monoisotopic (exact) mass is 166 g/mol. The van der Waals surface area contributed by atoms with Crippen LogP contribution in [-0.4, -0.2) is 9.97 Å². The zero-order valence-electron chi connectivity index (χ0n) is 6.91. The molecule has 12 heavy (non-hydrogen) atoms. The van der Waals surface area contributed by atoms with Gasteiger partial charge >= 0.3 is 0 Å². The van der Waals surface area contributed by atoms with E-state index in [1.807, 2.05) is 0 Å². The van der Waals surface area contributed by atoms with Gasteiger partial charge in [-0.1, -0.05) is 0 Å². The summed E-state index contributed by atoms with van der Waals surface area (Å²) < 4.78 is 0. The largest absolute Gasteiger partial charge is 0.383 e. The van der Waals surface area contributed by atoms with Crippen LogP contribution in [0.3, 0.4) is 0 Å². The van der Waals surface area contributed by atoms with E-state index >= 15 is 0 Å². The van der Waals surface area contributed by atoms with Crippen molar-refractivity contribution in [3.05, 3.63) is 11.3 Å². The molecule has 5 nitrogen and oxygen atoms in total. The lowest BCUT2D eigenvalue weighted by atomic mass is 10.2. The third kappa shape index (κ3) is 0.902. The third-order valence-corrected chi connectivity index (χ3v) is 2.20. The minimum atomic E-state index is 0.272. The maximum absolute atomic E-state index is 5.68. The maximum Gasteiger partial charge on any atom is 0.222 e. The number of rotatable bonds is 0. The Bertz CT molecular complexity index is 322. The molecule has 1 aromatic heterocycles. The fourth-order valence-electron chi connectivity index (χ4n) is 1.53. The fourth-order valence-corrected chi connectivity index (χ4v) is 1.53. The number of nitrogen functional groups attached to an aromatic ring is 2. The van der Waals surface area contributed by atoms with Crippen LogP contribution in [0.4, 0.5) is 11.8 Å². The summed E-state index contributed by atoms with van der Waals surface area (Å²) in [7, 11) is 0. The van der Waals surface area contributed by atoms with Gasteiger partial charge in [-0.2, -0.15) is 4.98 Å². The van der Waals surface area contributed by atoms with Gasteiger partial charge in [0.05, 0.1) is 5.56 Å². The van der Waals surface area contributed by atoms with Crippen molar-refractivity contribution < 1.29 is 5.32 Å². The van der Waals surface area contributed by atoms with Crippen molar-refractivity contribution in [3.63, 3.8) is 0 Å². The molecule has 1 aliphatic rings. The highest BCUT2D eigenvalue weighted by Crippen LogP contribution is 2.21. The molecule has 6 N–H and O–H groups in total. The summed E-state index contributed by atoms with van der Waals surface area (Å²) in [6.07, 6.45) is 0. The van der Waals surface area contributed by atoms with Crippen molar-refractivity contribution in [2.24, 2.45) is 0 Å². The number of nitrogens with zero attached hydrogens (tertiary/aromatic N) is 2. The first-order chi connectivity index (χ1) is 5.68. The summed E-state index contributed by atoms with van der Waals surface area (Å²) >= 11 is 0. The highest BCUT2D eigenvalue weighted by Gasteiger charge is 2.26. The van der Waals surface area contributed by atoms with Gasteiger partial charge in [0.1, 0.15) is 24.1 Å². The van der Waals surface area contributed by atoms with E-state index in [0.717, 1.165) is 17.8 Å². The van der Waals surface area contributed by atoms with Gasteiger partial charge in [-0.3, -0.25) is 0 Å². The number of hydrogen-bond donors (Lipinski definition) is 3. The van der Waals surface area contributed by atoms with E-state index < -0.39 is 0 Å². The summed E-state index contributed by atoms with van der Waals surface area (Å²) in [5, 5.41) is 2.16. The molecule has 0 radical (unpaired) electrons. The van der Waals surface area contributed by atoms with Gasteiger partial charge in [-0.25, -0.2) is 4.98 Å². The molecule has 5 heteroatoms. The van der Waals surface area contributed by atoms with Crippen molar-refractivity contribution >= 4 is 11.8 Å². The average molecular weight is 166 g/mol. The SMILES string of the molecule is C[C@@H]1[NH2+]Cc2c(N)nc(N)nc21. The predicted molar refractivity (Wildman–Crippen MR) is 44.9 cm³/mol. The molecule has 0 fully saturated rings. The molecule has 64 valence electrons. The smallest absolute Gasteiger partial charge is 0.222 e. The maximum atomic E-state index is 5.68. The van der Waals surface area contributed by atoms with Crippen molar-refractivity contribution in [1.29, 1.82) is 0 Å². The fraction of sp³-hybridized carbons (Fsp3) is 0.429. The minimum absolute atomic E-state index is 0.272. The van der Waals surface area contributed by atoms with E-state index in [4.69, 9.17) is 11.5 Å². The number of hydrogen-bond acceptors (Lipinski definition) is 4. The number of aromatic nitrogens is 2. The minimum Gasteiger partial charge on any atom is -0.383 e. The second-order valence-corrected chi connectivity index (χ2v) is 3.06. The second-order valence-electron chi connectivity index (χ2n) is 3.06. The van der Waals surface area contributed by atoms with Crippen LogP contribution in [0.25, 0.3) is 0 Å². The Balaban J connectivity index is 2.60. The predicted octanol–water partition coefficient (Wildman–Crippen LogP) is -1.22. The zero-order chi connectivity index (χ0) is 8.72. The lowest BCUT2D eigenvalue weighted by Gasteiger charge is -2.01.